The second-order valence-corrected chi connectivity index (χ2v) is 10.2. The van der Waals surface area contributed by atoms with Crippen molar-refractivity contribution in [2.75, 3.05) is 14.1 Å². The molecule has 1 aliphatic carbocycles. The Bertz CT molecular complexity index is 1390. The summed E-state index contributed by atoms with van der Waals surface area (Å²) >= 11 is 0. The molecule has 4 heterocycles. The van der Waals surface area contributed by atoms with Gasteiger partial charge in [-0.2, -0.15) is 0 Å². The van der Waals surface area contributed by atoms with Gasteiger partial charge in [0.25, 0.3) is 0 Å². The third kappa shape index (κ3) is 4.27. The molecule has 36 heavy (non-hydrogen) atoms. The number of imidazole rings is 1. The third-order valence-electron chi connectivity index (χ3n) is 7.39. The number of hydrogen-bond donors (Lipinski definition) is 3. The van der Waals surface area contributed by atoms with Crippen LogP contribution < -0.4 is 10.9 Å². The first-order chi connectivity index (χ1) is 17.5. The Morgan fingerprint density at radius 3 is 2.81 bits per heavy atom. The number of H-pyrrole nitrogens is 1. The van der Waals surface area contributed by atoms with Crippen LogP contribution >= 0.6 is 0 Å². The van der Waals surface area contributed by atoms with Gasteiger partial charge in [0.1, 0.15) is 17.8 Å². The van der Waals surface area contributed by atoms with Gasteiger partial charge >= 0.3 is 0 Å². The van der Waals surface area contributed by atoms with E-state index in [4.69, 9.17) is 4.98 Å². The highest BCUT2D eigenvalue weighted by Gasteiger charge is 2.46. The largest absolute Gasteiger partial charge is 0.339 e. The zero-order chi connectivity index (χ0) is 24.8. The minimum Gasteiger partial charge on any atom is -0.339 e. The fraction of sp³-hybridized carbons (Fsp3) is 0.370. The van der Waals surface area contributed by atoms with Crippen LogP contribution in [-0.4, -0.2) is 51.1 Å². The average molecular weight is 490 g/mol. The fourth-order valence-corrected chi connectivity index (χ4v) is 5.78. The van der Waals surface area contributed by atoms with Crippen LogP contribution in [0.15, 0.2) is 55.0 Å². The molecule has 0 radical (unpaired) electrons. The number of nitrogens with one attached hydrogen (secondary N) is 3. The molecule has 7 nitrogen and oxygen atoms in total. The maximum atomic E-state index is 15.4. The molecule has 186 valence electrons. The maximum Gasteiger partial charge on any atom is 0.178 e. The first-order valence-electron chi connectivity index (χ1n) is 12.3. The maximum absolute atomic E-state index is 15.4. The Labute approximate surface area is 208 Å². The summed E-state index contributed by atoms with van der Waals surface area (Å²) in [6.45, 7) is 0.766. The smallest absolute Gasteiger partial charge is 0.178 e. The Kier molecular flexibility index (Phi) is 5.99. The van der Waals surface area contributed by atoms with Gasteiger partial charge in [0.05, 0.1) is 11.6 Å². The van der Waals surface area contributed by atoms with Crippen molar-refractivity contribution < 1.29 is 8.78 Å². The molecule has 4 aromatic rings. The van der Waals surface area contributed by atoms with Crippen LogP contribution in [0.1, 0.15) is 41.8 Å². The summed E-state index contributed by atoms with van der Waals surface area (Å²) in [6.07, 6.45) is 5.48. The summed E-state index contributed by atoms with van der Waals surface area (Å²) in [5.74, 6) is 0.366. The zero-order valence-electron chi connectivity index (χ0n) is 20.2. The predicted octanol–water partition coefficient (Wildman–Crippen LogP) is 4.27. The van der Waals surface area contributed by atoms with E-state index in [2.05, 4.69) is 36.8 Å². The van der Waals surface area contributed by atoms with Crippen molar-refractivity contribution in [3.05, 3.63) is 77.8 Å². The van der Waals surface area contributed by atoms with Crippen LogP contribution in [0, 0.1) is 11.7 Å². The first-order valence-corrected chi connectivity index (χ1v) is 12.3. The number of aromatic amines is 1. The topological polar surface area (TPSA) is 81.8 Å². The van der Waals surface area contributed by atoms with Crippen LogP contribution in [0.4, 0.5) is 8.78 Å². The molecule has 0 bridgehead atoms. The Balaban J connectivity index is 1.30. The fourth-order valence-electron chi connectivity index (χ4n) is 5.78. The third-order valence-corrected chi connectivity index (χ3v) is 7.39. The van der Waals surface area contributed by atoms with Gasteiger partial charge in [-0.25, -0.2) is 24.2 Å². The predicted molar refractivity (Wildman–Crippen MR) is 134 cm³/mol. The van der Waals surface area contributed by atoms with Crippen LogP contribution in [-0.2, 0) is 6.54 Å². The molecule has 3 N–H and O–H groups in total. The van der Waals surface area contributed by atoms with Crippen molar-refractivity contribution in [2.45, 2.75) is 43.6 Å². The molecule has 5 atom stereocenters. The summed E-state index contributed by atoms with van der Waals surface area (Å²) in [4.78, 5) is 19.2. The van der Waals surface area contributed by atoms with Gasteiger partial charge in [-0.3, -0.25) is 10.4 Å². The Hall–Kier alpha value is -3.27. The highest BCUT2D eigenvalue weighted by molar-refractivity contribution is 5.89. The molecular formula is C27H29F2N7. The van der Waals surface area contributed by atoms with E-state index in [0.717, 1.165) is 40.1 Å². The van der Waals surface area contributed by atoms with Crippen molar-refractivity contribution >= 4 is 11.2 Å². The highest BCUT2D eigenvalue weighted by Crippen LogP contribution is 2.45. The first kappa shape index (κ1) is 23.1. The van der Waals surface area contributed by atoms with Crippen LogP contribution in [0.5, 0.6) is 0 Å². The summed E-state index contributed by atoms with van der Waals surface area (Å²) in [5, 5.41) is 0. The number of fused-ring (bicyclic) bond motifs is 2. The van der Waals surface area contributed by atoms with E-state index in [0.29, 0.717) is 18.5 Å². The Morgan fingerprint density at radius 2 is 1.97 bits per heavy atom. The second kappa shape index (κ2) is 9.31. The summed E-state index contributed by atoms with van der Waals surface area (Å²) < 4.78 is 29.3. The molecule has 1 saturated carbocycles. The number of pyridine rings is 2. The van der Waals surface area contributed by atoms with Crippen molar-refractivity contribution in [3.8, 4) is 11.1 Å². The van der Waals surface area contributed by atoms with Gasteiger partial charge in [-0.05, 0) is 61.8 Å². The lowest BCUT2D eigenvalue weighted by Gasteiger charge is -2.35. The minimum absolute atomic E-state index is 0.00280. The van der Waals surface area contributed by atoms with Gasteiger partial charge < -0.3 is 9.88 Å². The van der Waals surface area contributed by atoms with Crippen molar-refractivity contribution in [3.63, 3.8) is 0 Å². The number of alkyl halides is 1. The summed E-state index contributed by atoms with van der Waals surface area (Å²) in [6, 6.07) is 10.3. The lowest BCUT2D eigenvalue weighted by atomic mass is 9.72. The van der Waals surface area contributed by atoms with Gasteiger partial charge in [0, 0.05) is 48.6 Å². The lowest BCUT2D eigenvalue weighted by Crippen LogP contribution is -2.40. The molecule has 0 spiro atoms. The van der Waals surface area contributed by atoms with E-state index in [1.165, 1.54) is 12.1 Å². The molecule has 3 aromatic heterocycles. The van der Waals surface area contributed by atoms with Gasteiger partial charge in [0.15, 0.2) is 5.65 Å². The standard InChI is InChI=1S/C27H29F2N7/c1-36(2)14-15-8-17(13-30-12-15)20-10-21-23(11-22(20)29)34-35-25(21)27-32-24-19(6-7-31-26(24)33-27)16-4-3-5-18(28)9-16/h3-9,12-13,20-23,25,34-35H,10-11,14H2,1-2H3,(H,31,32,33). The second-order valence-electron chi connectivity index (χ2n) is 10.2. The van der Waals surface area contributed by atoms with Crippen molar-refractivity contribution in [1.29, 1.82) is 0 Å². The van der Waals surface area contributed by atoms with Gasteiger partial charge in [-0.1, -0.05) is 18.2 Å². The summed E-state index contributed by atoms with van der Waals surface area (Å²) in [5.41, 5.74) is 11.6. The SMILES string of the molecule is CN(C)Cc1cncc(C2CC3C(CC2F)NNC3c2nc3nccc(-c4cccc(F)c4)c3[nH]2)c1. The monoisotopic (exact) mass is 489 g/mol. The van der Waals surface area contributed by atoms with E-state index in [9.17, 15) is 4.39 Å². The lowest BCUT2D eigenvalue weighted by molar-refractivity contribution is 0.152. The molecule has 5 unspecified atom stereocenters. The Morgan fingerprint density at radius 1 is 1.08 bits per heavy atom. The van der Waals surface area contributed by atoms with Gasteiger partial charge in [0.2, 0.25) is 0 Å². The number of nitrogens with zero attached hydrogens (tertiary/aromatic N) is 4. The summed E-state index contributed by atoms with van der Waals surface area (Å²) in [7, 11) is 4.02. The molecule has 1 aromatic carbocycles. The quantitative estimate of drug-likeness (QED) is 0.389. The van der Waals surface area contributed by atoms with Crippen LogP contribution in [0.2, 0.25) is 0 Å². The average Bonchev–Trinajstić information content (AvgIpc) is 3.46. The number of benzene rings is 1. The molecule has 2 aliphatic rings. The number of hydrazine groups is 1. The molecule has 1 aliphatic heterocycles. The minimum atomic E-state index is -0.951. The molecule has 1 saturated heterocycles. The number of rotatable bonds is 5. The zero-order valence-corrected chi connectivity index (χ0v) is 20.2. The van der Waals surface area contributed by atoms with Crippen molar-refractivity contribution in [1.82, 2.24) is 35.7 Å². The van der Waals surface area contributed by atoms with E-state index in [1.54, 1.807) is 18.5 Å². The number of aromatic nitrogens is 4. The van der Waals surface area contributed by atoms with Gasteiger partial charge in [-0.15, -0.1) is 0 Å². The van der Waals surface area contributed by atoms with Crippen molar-refractivity contribution in [2.24, 2.45) is 5.92 Å². The van der Waals surface area contributed by atoms with Crippen LogP contribution in [0.25, 0.3) is 22.3 Å². The van der Waals surface area contributed by atoms with E-state index in [1.807, 2.05) is 32.4 Å². The molecule has 6 rings (SSSR count). The van der Waals surface area contributed by atoms with E-state index >= 15 is 4.39 Å². The molecule has 2 fully saturated rings. The van der Waals surface area contributed by atoms with E-state index < -0.39 is 6.17 Å². The molecular weight excluding hydrogens is 460 g/mol. The number of halogens is 2. The van der Waals surface area contributed by atoms with E-state index in [-0.39, 0.29) is 29.7 Å². The van der Waals surface area contributed by atoms with Crippen LogP contribution in [0.3, 0.4) is 0 Å². The highest BCUT2D eigenvalue weighted by atomic mass is 19.1. The molecule has 9 heteroatoms. The number of hydrogen-bond acceptors (Lipinski definition) is 6. The normalized spacial score (nSPS) is 26.0. The molecule has 0 amide bonds.